The summed E-state index contributed by atoms with van der Waals surface area (Å²) < 4.78 is 6.44. The predicted octanol–water partition coefficient (Wildman–Crippen LogP) is 4.24. The molecule has 2 atom stereocenters. The predicted molar refractivity (Wildman–Crippen MR) is 97.0 cm³/mol. The van der Waals surface area contributed by atoms with Gasteiger partial charge in [-0.05, 0) is 50.2 Å². The standard InChI is InChI=1S/C19H20N2OS/c1-12-7-6-8-13(2)17(12)21-18(23)20-15-11-19(21,3)22-16-10-5-4-9-14(15)16/h4-10,15H,11H2,1-3H3,(H,20,23). The molecule has 2 aromatic rings. The average molecular weight is 324 g/mol. The van der Waals surface area contributed by atoms with E-state index >= 15 is 0 Å². The van der Waals surface area contributed by atoms with Gasteiger partial charge in [-0.15, -0.1) is 0 Å². The lowest BCUT2D eigenvalue weighted by atomic mass is 9.89. The van der Waals surface area contributed by atoms with Gasteiger partial charge in [0.15, 0.2) is 10.8 Å². The maximum atomic E-state index is 6.44. The zero-order valence-corrected chi connectivity index (χ0v) is 14.4. The number of thiocarbonyl (C=S) groups is 1. The Bertz CT molecular complexity index is 783. The third-order valence-electron chi connectivity index (χ3n) is 4.84. The topological polar surface area (TPSA) is 24.5 Å². The normalized spacial score (nSPS) is 25.4. The number of ether oxygens (including phenoxy) is 1. The van der Waals surface area contributed by atoms with Crippen LogP contribution in [0.2, 0.25) is 0 Å². The number of rotatable bonds is 1. The molecular formula is C19H20N2OS. The minimum atomic E-state index is -0.474. The quantitative estimate of drug-likeness (QED) is 0.793. The number of nitrogens with zero attached hydrogens (tertiary/aromatic N) is 1. The second-order valence-corrected chi connectivity index (χ2v) is 6.98. The summed E-state index contributed by atoms with van der Waals surface area (Å²) in [7, 11) is 0. The van der Waals surface area contributed by atoms with Crippen LogP contribution in [0.1, 0.15) is 36.1 Å². The molecule has 1 N–H and O–H groups in total. The molecule has 2 unspecified atom stereocenters. The van der Waals surface area contributed by atoms with E-state index in [1.54, 1.807) is 0 Å². The van der Waals surface area contributed by atoms with E-state index in [9.17, 15) is 0 Å². The van der Waals surface area contributed by atoms with E-state index in [1.165, 1.54) is 16.7 Å². The van der Waals surface area contributed by atoms with E-state index in [-0.39, 0.29) is 6.04 Å². The van der Waals surface area contributed by atoms with Crippen LogP contribution in [0.3, 0.4) is 0 Å². The van der Waals surface area contributed by atoms with Gasteiger partial charge in [0.05, 0.1) is 11.7 Å². The zero-order valence-electron chi connectivity index (χ0n) is 13.6. The maximum Gasteiger partial charge on any atom is 0.188 e. The highest BCUT2D eigenvalue weighted by atomic mass is 32.1. The lowest BCUT2D eigenvalue weighted by Crippen LogP contribution is -2.65. The van der Waals surface area contributed by atoms with Crippen molar-refractivity contribution >= 4 is 23.0 Å². The van der Waals surface area contributed by atoms with Gasteiger partial charge in [-0.2, -0.15) is 0 Å². The monoisotopic (exact) mass is 324 g/mol. The number of benzene rings is 2. The molecule has 1 fully saturated rings. The van der Waals surface area contributed by atoms with Crippen molar-refractivity contribution in [2.24, 2.45) is 0 Å². The van der Waals surface area contributed by atoms with Gasteiger partial charge < -0.3 is 10.1 Å². The molecule has 2 aliphatic heterocycles. The Morgan fingerprint density at radius 3 is 2.57 bits per heavy atom. The van der Waals surface area contributed by atoms with Crippen molar-refractivity contribution in [1.82, 2.24) is 5.32 Å². The van der Waals surface area contributed by atoms with Gasteiger partial charge in [0.2, 0.25) is 0 Å². The highest BCUT2D eigenvalue weighted by Crippen LogP contribution is 2.46. The number of nitrogens with one attached hydrogen (secondary N) is 1. The summed E-state index contributed by atoms with van der Waals surface area (Å²) in [4.78, 5) is 2.15. The minimum absolute atomic E-state index is 0.207. The van der Waals surface area contributed by atoms with Crippen LogP contribution in [-0.2, 0) is 0 Å². The fourth-order valence-electron chi connectivity index (χ4n) is 3.82. The van der Waals surface area contributed by atoms with Crippen LogP contribution >= 0.6 is 12.2 Å². The first-order chi connectivity index (χ1) is 11.0. The van der Waals surface area contributed by atoms with E-state index in [0.29, 0.717) is 0 Å². The van der Waals surface area contributed by atoms with Crippen LogP contribution in [0.5, 0.6) is 5.75 Å². The first-order valence-electron chi connectivity index (χ1n) is 7.94. The molecule has 4 rings (SSSR count). The first kappa shape index (κ1) is 14.5. The maximum absolute atomic E-state index is 6.44. The van der Waals surface area contributed by atoms with Crippen molar-refractivity contribution in [3.63, 3.8) is 0 Å². The minimum Gasteiger partial charge on any atom is -0.467 e. The number of anilines is 1. The second kappa shape index (κ2) is 4.96. The van der Waals surface area contributed by atoms with Gasteiger partial charge in [0.1, 0.15) is 5.75 Å². The summed E-state index contributed by atoms with van der Waals surface area (Å²) in [5.74, 6) is 0.942. The summed E-state index contributed by atoms with van der Waals surface area (Å²) >= 11 is 5.72. The summed E-state index contributed by atoms with van der Waals surface area (Å²) in [5.41, 5.74) is 4.27. The third kappa shape index (κ3) is 2.12. The molecule has 23 heavy (non-hydrogen) atoms. The number of hydrogen-bond donors (Lipinski definition) is 1. The molecule has 0 radical (unpaired) electrons. The van der Waals surface area contributed by atoms with Gasteiger partial charge in [-0.3, -0.25) is 4.90 Å². The molecule has 0 aromatic heterocycles. The fourth-order valence-corrected chi connectivity index (χ4v) is 4.25. The smallest absolute Gasteiger partial charge is 0.188 e. The number of para-hydroxylation sites is 2. The Morgan fingerprint density at radius 1 is 1.13 bits per heavy atom. The van der Waals surface area contributed by atoms with E-state index in [0.717, 1.165) is 23.0 Å². The molecule has 2 aromatic carbocycles. The molecule has 0 aliphatic carbocycles. The van der Waals surface area contributed by atoms with Crippen LogP contribution in [-0.4, -0.2) is 10.8 Å². The SMILES string of the molecule is Cc1cccc(C)c1N1C(=S)NC2CC1(C)Oc1ccccc12. The van der Waals surface area contributed by atoms with E-state index in [4.69, 9.17) is 17.0 Å². The molecule has 2 aliphatic rings. The molecule has 0 amide bonds. The summed E-state index contributed by atoms with van der Waals surface area (Å²) in [6, 6.07) is 14.8. The Balaban J connectivity index is 1.86. The average Bonchev–Trinajstić information content (AvgIpc) is 2.49. The molecule has 118 valence electrons. The number of fused-ring (bicyclic) bond motifs is 4. The van der Waals surface area contributed by atoms with Crippen LogP contribution < -0.4 is 15.0 Å². The first-order valence-corrected chi connectivity index (χ1v) is 8.35. The Morgan fingerprint density at radius 2 is 1.83 bits per heavy atom. The molecule has 2 heterocycles. The van der Waals surface area contributed by atoms with Gasteiger partial charge in [0, 0.05) is 12.0 Å². The van der Waals surface area contributed by atoms with Crippen LogP contribution in [0.4, 0.5) is 5.69 Å². The largest absolute Gasteiger partial charge is 0.467 e. The van der Waals surface area contributed by atoms with Crippen LogP contribution in [0.25, 0.3) is 0 Å². The molecule has 3 nitrogen and oxygen atoms in total. The molecule has 1 saturated heterocycles. The Hall–Kier alpha value is -2.07. The molecular weight excluding hydrogens is 304 g/mol. The number of hydrogen-bond acceptors (Lipinski definition) is 2. The molecule has 2 bridgehead atoms. The van der Waals surface area contributed by atoms with Crippen molar-refractivity contribution in [3.05, 3.63) is 59.2 Å². The van der Waals surface area contributed by atoms with Gasteiger partial charge >= 0.3 is 0 Å². The summed E-state index contributed by atoms with van der Waals surface area (Å²) in [6.45, 7) is 6.38. The van der Waals surface area contributed by atoms with Crippen molar-refractivity contribution in [2.75, 3.05) is 4.90 Å². The lowest BCUT2D eigenvalue weighted by molar-refractivity contribution is 0.0496. The zero-order chi connectivity index (χ0) is 16.2. The van der Waals surface area contributed by atoms with E-state index in [2.05, 4.69) is 55.3 Å². The van der Waals surface area contributed by atoms with Crippen molar-refractivity contribution in [1.29, 1.82) is 0 Å². The highest BCUT2D eigenvalue weighted by molar-refractivity contribution is 7.80. The second-order valence-electron chi connectivity index (χ2n) is 6.60. The van der Waals surface area contributed by atoms with Gasteiger partial charge in [-0.25, -0.2) is 0 Å². The van der Waals surface area contributed by atoms with Crippen LogP contribution in [0.15, 0.2) is 42.5 Å². The molecule has 0 saturated carbocycles. The van der Waals surface area contributed by atoms with E-state index in [1.807, 2.05) is 18.2 Å². The van der Waals surface area contributed by atoms with Gasteiger partial charge in [0.25, 0.3) is 0 Å². The lowest BCUT2D eigenvalue weighted by Gasteiger charge is -2.52. The van der Waals surface area contributed by atoms with Crippen molar-refractivity contribution in [3.8, 4) is 5.75 Å². The van der Waals surface area contributed by atoms with Crippen LogP contribution in [0, 0.1) is 13.8 Å². The Kier molecular flexibility index (Phi) is 3.13. The van der Waals surface area contributed by atoms with E-state index < -0.39 is 5.72 Å². The van der Waals surface area contributed by atoms with Gasteiger partial charge in [-0.1, -0.05) is 36.4 Å². The highest BCUT2D eigenvalue weighted by Gasteiger charge is 2.48. The molecule has 4 heteroatoms. The Labute approximate surface area is 142 Å². The van der Waals surface area contributed by atoms with Crippen molar-refractivity contribution < 1.29 is 4.74 Å². The number of aryl methyl sites for hydroxylation is 2. The summed E-state index contributed by atoms with van der Waals surface area (Å²) in [6.07, 6.45) is 0.859. The van der Waals surface area contributed by atoms with Crippen molar-refractivity contribution in [2.45, 2.75) is 39.0 Å². The summed E-state index contributed by atoms with van der Waals surface area (Å²) in [5, 5.41) is 4.24. The fraction of sp³-hybridized carbons (Fsp3) is 0.316. The third-order valence-corrected chi connectivity index (χ3v) is 5.14. The molecule has 0 spiro atoms.